The third-order valence-electron chi connectivity index (χ3n) is 5.75. The molecule has 1 aliphatic heterocycles. The molecule has 1 amide bonds. The number of esters is 3. The molecule has 222 valence electrons. The number of H-pyrrole nitrogens is 1. The van der Waals surface area contributed by atoms with Crippen molar-refractivity contribution in [3.05, 3.63) is 34.6 Å². The fourth-order valence-corrected chi connectivity index (χ4v) is 4.16. The molecule has 0 aliphatic carbocycles. The highest BCUT2D eigenvalue weighted by Gasteiger charge is 2.52. The number of rotatable bonds is 9. The molecule has 0 bridgehead atoms. The van der Waals surface area contributed by atoms with E-state index >= 15 is 0 Å². The molecule has 4 atom stereocenters. The molecule has 3 heterocycles. The minimum absolute atomic E-state index is 0.136. The van der Waals surface area contributed by atoms with E-state index in [0.717, 1.165) is 13.8 Å². The van der Waals surface area contributed by atoms with Crippen LogP contribution in [0.4, 0.5) is 17.6 Å². The van der Waals surface area contributed by atoms with Crippen LogP contribution in [0.15, 0.2) is 39.3 Å². The number of methoxy groups -OCH3 is 1. The summed E-state index contributed by atoms with van der Waals surface area (Å²) in [6.07, 6.45) is -5.08. The highest BCUT2D eigenvalue weighted by Crippen LogP contribution is 2.39. The number of carbonyl (C=O) groups excluding carboxylic acids is 4. The number of anilines is 1. The zero-order valence-corrected chi connectivity index (χ0v) is 23.1. The number of aromatic nitrogens is 4. The van der Waals surface area contributed by atoms with Gasteiger partial charge in [0.05, 0.1) is 12.8 Å². The quantitative estimate of drug-likeness (QED) is 0.209. The molecular weight excluding hydrogens is 558 g/mol. The number of nitrogens with zero attached hydrogens (tertiary/aromatic N) is 5. The summed E-state index contributed by atoms with van der Waals surface area (Å²) in [5, 5.41) is 10.7. The average Bonchev–Trinajstić information content (AvgIpc) is 3.43. The third-order valence-corrected chi connectivity index (χ3v) is 5.75. The van der Waals surface area contributed by atoms with Crippen molar-refractivity contribution in [2.45, 2.75) is 52.2 Å². The van der Waals surface area contributed by atoms with Gasteiger partial charge in [-0.2, -0.15) is 4.98 Å². The van der Waals surface area contributed by atoms with E-state index in [1.165, 1.54) is 25.5 Å². The third kappa shape index (κ3) is 6.74. The largest absolute Gasteiger partial charge is 0.497 e. The summed E-state index contributed by atoms with van der Waals surface area (Å²) in [4.78, 5) is 71.3. The highest BCUT2D eigenvalue weighted by atomic mass is 16.7. The topological polar surface area (TPSA) is 215 Å². The molecule has 0 spiro atoms. The molecule has 42 heavy (non-hydrogen) atoms. The number of aromatic amines is 1. The normalized spacial score (nSPS) is 19.9. The molecule has 1 unspecified atom stereocenters. The van der Waals surface area contributed by atoms with E-state index in [9.17, 15) is 24.0 Å². The molecular formula is C25H27N7O10. The molecule has 1 aromatic carbocycles. The van der Waals surface area contributed by atoms with E-state index in [4.69, 9.17) is 23.7 Å². The Morgan fingerprint density at radius 1 is 0.976 bits per heavy atom. The first-order valence-corrected chi connectivity index (χ1v) is 12.5. The van der Waals surface area contributed by atoms with Crippen molar-refractivity contribution in [2.24, 2.45) is 10.2 Å². The lowest BCUT2D eigenvalue weighted by Crippen LogP contribution is -2.40. The smallest absolute Gasteiger partial charge is 0.303 e. The number of benzene rings is 1. The van der Waals surface area contributed by atoms with E-state index in [1.54, 1.807) is 24.3 Å². The Labute approximate surface area is 237 Å². The van der Waals surface area contributed by atoms with E-state index < -0.39 is 53.9 Å². The van der Waals surface area contributed by atoms with Crippen LogP contribution in [0.5, 0.6) is 5.75 Å². The minimum Gasteiger partial charge on any atom is -0.497 e. The summed E-state index contributed by atoms with van der Waals surface area (Å²) in [7, 11) is 1.51. The van der Waals surface area contributed by atoms with E-state index in [2.05, 4.69) is 30.5 Å². The number of ether oxygens (including phenoxy) is 5. The Kier molecular flexibility index (Phi) is 8.90. The van der Waals surface area contributed by atoms with Gasteiger partial charge in [-0.1, -0.05) is 0 Å². The maximum absolute atomic E-state index is 13.0. The Morgan fingerprint density at radius 3 is 2.24 bits per heavy atom. The van der Waals surface area contributed by atoms with Gasteiger partial charge in [-0.05, 0) is 24.3 Å². The number of hydrogen-bond donors (Lipinski definition) is 2. The van der Waals surface area contributed by atoms with Gasteiger partial charge in [0.2, 0.25) is 11.9 Å². The van der Waals surface area contributed by atoms with Gasteiger partial charge in [-0.3, -0.25) is 38.8 Å². The van der Waals surface area contributed by atoms with Crippen LogP contribution in [0.3, 0.4) is 0 Å². The minimum atomic E-state index is -1.37. The molecule has 2 N–H and O–H groups in total. The van der Waals surface area contributed by atoms with Crippen LogP contribution < -0.4 is 15.6 Å². The Balaban J connectivity index is 1.90. The number of carbonyl (C=O) groups is 4. The molecule has 1 saturated heterocycles. The summed E-state index contributed by atoms with van der Waals surface area (Å²) < 4.78 is 28.5. The first-order chi connectivity index (χ1) is 20.0. The lowest BCUT2D eigenvalue weighted by molar-refractivity contribution is -0.166. The van der Waals surface area contributed by atoms with Crippen molar-refractivity contribution >= 4 is 52.6 Å². The molecule has 1 aliphatic rings. The van der Waals surface area contributed by atoms with Gasteiger partial charge in [0.25, 0.3) is 11.5 Å². The lowest BCUT2D eigenvalue weighted by Gasteiger charge is -2.24. The summed E-state index contributed by atoms with van der Waals surface area (Å²) in [5.41, 5.74) is -0.698. The molecule has 4 rings (SSSR count). The number of hydrogen-bond acceptors (Lipinski definition) is 14. The number of fused-ring (bicyclic) bond motifs is 1. The number of nitrogens with one attached hydrogen (secondary N) is 2. The van der Waals surface area contributed by atoms with Gasteiger partial charge in [0.15, 0.2) is 29.6 Å². The van der Waals surface area contributed by atoms with Crippen molar-refractivity contribution in [3.63, 3.8) is 0 Å². The molecule has 2 aromatic heterocycles. The molecule has 17 nitrogen and oxygen atoms in total. The zero-order chi connectivity index (χ0) is 30.6. The summed E-state index contributed by atoms with van der Waals surface area (Å²) in [6, 6.07) is 6.55. The summed E-state index contributed by atoms with van der Waals surface area (Å²) in [5.74, 6) is -2.48. The highest BCUT2D eigenvalue weighted by molar-refractivity contribution is 5.87. The second kappa shape index (κ2) is 12.5. The molecule has 3 aromatic rings. The predicted molar refractivity (Wildman–Crippen MR) is 141 cm³/mol. The van der Waals surface area contributed by atoms with Crippen LogP contribution in [-0.4, -0.2) is 75.4 Å². The molecule has 0 saturated carbocycles. The number of imidazole rings is 1. The van der Waals surface area contributed by atoms with Crippen LogP contribution in [0, 0.1) is 0 Å². The second-order valence-electron chi connectivity index (χ2n) is 8.96. The van der Waals surface area contributed by atoms with Crippen molar-refractivity contribution < 1.29 is 42.9 Å². The van der Waals surface area contributed by atoms with Crippen LogP contribution >= 0.6 is 0 Å². The van der Waals surface area contributed by atoms with Crippen LogP contribution in [0.25, 0.3) is 11.2 Å². The van der Waals surface area contributed by atoms with Gasteiger partial charge in [-0.25, -0.2) is 4.98 Å². The van der Waals surface area contributed by atoms with E-state index in [1.807, 2.05) is 0 Å². The van der Waals surface area contributed by atoms with Crippen molar-refractivity contribution in [3.8, 4) is 5.75 Å². The summed E-state index contributed by atoms with van der Waals surface area (Å²) in [6.45, 7) is 4.30. The zero-order valence-electron chi connectivity index (χ0n) is 23.1. The Bertz CT molecular complexity index is 1600. The molecule has 0 radical (unpaired) electrons. The van der Waals surface area contributed by atoms with Crippen molar-refractivity contribution in [2.75, 3.05) is 19.0 Å². The Hall–Kier alpha value is -5.19. The van der Waals surface area contributed by atoms with Gasteiger partial charge < -0.3 is 23.7 Å². The maximum atomic E-state index is 13.0. The van der Waals surface area contributed by atoms with Crippen LogP contribution in [0.2, 0.25) is 0 Å². The second-order valence-corrected chi connectivity index (χ2v) is 8.96. The predicted octanol–water partition coefficient (Wildman–Crippen LogP) is 1.83. The van der Waals surface area contributed by atoms with E-state index in [-0.39, 0.29) is 29.7 Å². The monoisotopic (exact) mass is 585 g/mol. The van der Waals surface area contributed by atoms with Crippen molar-refractivity contribution in [1.82, 2.24) is 19.5 Å². The van der Waals surface area contributed by atoms with Crippen molar-refractivity contribution in [1.29, 1.82) is 0 Å². The van der Waals surface area contributed by atoms with Crippen LogP contribution in [0.1, 0.15) is 33.9 Å². The first kappa shape index (κ1) is 29.8. The van der Waals surface area contributed by atoms with Crippen LogP contribution in [-0.2, 0) is 38.1 Å². The lowest BCUT2D eigenvalue weighted by atomic mass is 10.1. The van der Waals surface area contributed by atoms with Gasteiger partial charge in [0.1, 0.15) is 18.5 Å². The average molecular weight is 586 g/mol. The molecule has 17 heteroatoms. The van der Waals surface area contributed by atoms with Gasteiger partial charge in [0, 0.05) is 27.7 Å². The van der Waals surface area contributed by atoms with Gasteiger partial charge >= 0.3 is 17.9 Å². The SMILES string of the molecule is COc1ccc(N=Nc2nc3c(=O)[nH]c(NC(C)=O)nc3n2[C@@H]2O[C@H](COC(C)=O)C(OC(C)=O)[C@@H]2OC(C)=O)cc1. The van der Waals surface area contributed by atoms with Gasteiger partial charge in [-0.15, -0.1) is 10.2 Å². The number of amides is 1. The molecule has 1 fully saturated rings. The summed E-state index contributed by atoms with van der Waals surface area (Å²) >= 11 is 0. The first-order valence-electron chi connectivity index (χ1n) is 12.5. The maximum Gasteiger partial charge on any atom is 0.303 e. The number of azo groups is 1. The standard InChI is InChI=1S/C25H27N7O10/c1-11(33)26-24-28-21-18(22(37)29-24)27-25(31-30-15-6-8-16(38-5)9-7-15)32(21)23-20(41-14(4)36)19(40-13(3)35)17(42-23)10-39-12(2)34/h6-9,17,19-20,23H,10H2,1-5H3,(H2,26,28,29,33,37)/t17-,19?,20+,23-/m1/s1. The fourth-order valence-electron chi connectivity index (χ4n) is 4.16. The Morgan fingerprint density at radius 2 is 1.64 bits per heavy atom. The fraction of sp³-hybridized carbons (Fsp3) is 0.400. The van der Waals surface area contributed by atoms with E-state index in [0.29, 0.717) is 11.4 Å².